The number of rotatable bonds is 8. The van der Waals surface area contributed by atoms with Gasteiger partial charge in [0.1, 0.15) is 6.04 Å². The third-order valence-corrected chi connectivity index (χ3v) is 7.69. The van der Waals surface area contributed by atoms with Gasteiger partial charge in [0.2, 0.25) is 21.8 Å². The van der Waals surface area contributed by atoms with Gasteiger partial charge in [-0.25, -0.2) is 8.42 Å². The second-order valence-corrected chi connectivity index (χ2v) is 11.8. The average Bonchev–Trinajstić information content (AvgIpc) is 3.39. The number of halogens is 1. The summed E-state index contributed by atoms with van der Waals surface area (Å²) in [5.74, 6) is -0.112. The number of piperidine rings is 1. The lowest BCUT2D eigenvalue weighted by Crippen LogP contribution is -2.54. The molecule has 4 rings (SSSR count). The number of carbonyl (C=O) groups excluding carboxylic acids is 2. The third-order valence-electron chi connectivity index (χ3n) is 6.85. The van der Waals surface area contributed by atoms with E-state index in [4.69, 9.17) is 11.6 Å². The van der Waals surface area contributed by atoms with Crippen molar-refractivity contribution in [2.45, 2.75) is 50.1 Å². The molecule has 2 aliphatic rings. The summed E-state index contributed by atoms with van der Waals surface area (Å²) in [6, 6.07) is 13.8. The van der Waals surface area contributed by atoms with Gasteiger partial charge in [-0.15, -0.1) is 0 Å². The van der Waals surface area contributed by atoms with Gasteiger partial charge in [-0.1, -0.05) is 41.9 Å². The number of nitrogens with one attached hydrogen (secondary N) is 3. The Bertz CT molecular complexity index is 1170. The van der Waals surface area contributed by atoms with Crippen LogP contribution in [0.15, 0.2) is 48.5 Å². The molecular weight excluding hydrogens is 500 g/mol. The predicted molar refractivity (Wildman–Crippen MR) is 142 cm³/mol. The normalized spacial score (nSPS) is 19.6. The fraction of sp³-hybridized carbons (Fsp3) is 0.462. The van der Waals surface area contributed by atoms with E-state index < -0.39 is 16.1 Å². The molecular formula is C26H33ClN4O4S. The Morgan fingerprint density at radius 2 is 1.78 bits per heavy atom. The van der Waals surface area contributed by atoms with Crippen molar-refractivity contribution in [2.75, 3.05) is 30.6 Å². The van der Waals surface area contributed by atoms with Gasteiger partial charge in [0.25, 0.3) is 0 Å². The quantitative estimate of drug-likeness (QED) is 0.484. The number of sulfonamides is 1. The molecule has 0 unspecified atom stereocenters. The zero-order valence-electron chi connectivity index (χ0n) is 20.4. The fourth-order valence-electron chi connectivity index (χ4n) is 5.01. The van der Waals surface area contributed by atoms with Crippen LogP contribution < -0.4 is 15.4 Å². The van der Waals surface area contributed by atoms with Crippen LogP contribution in [0.1, 0.15) is 42.7 Å². The lowest BCUT2D eigenvalue weighted by Gasteiger charge is -2.35. The van der Waals surface area contributed by atoms with E-state index >= 15 is 0 Å². The smallest absolute Gasteiger partial charge is 0.245 e. The molecule has 0 saturated carbocycles. The third kappa shape index (κ3) is 6.99. The number of carbonyl (C=O) groups is 2. The second-order valence-electron chi connectivity index (χ2n) is 9.60. The molecule has 0 bridgehead atoms. The summed E-state index contributed by atoms with van der Waals surface area (Å²) in [6.07, 6.45) is 4.65. The molecule has 2 heterocycles. The Morgan fingerprint density at radius 3 is 2.42 bits per heavy atom. The first-order valence-electron chi connectivity index (χ1n) is 12.3. The van der Waals surface area contributed by atoms with Gasteiger partial charge in [-0.05, 0) is 67.5 Å². The summed E-state index contributed by atoms with van der Waals surface area (Å²) in [5.41, 5.74) is 2.45. The zero-order valence-corrected chi connectivity index (χ0v) is 21.9. The molecule has 2 aliphatic heterocycles. The molecule has 2 fully saturated rings. The Balaban J connectivity index is 1.44. The van der Waals surface area contributed by atoms with E-state index in [2.05, 4.69) is 15.4 Å². The van der Waals surface area contributed by atoms with Crippen molar-refractivity contribution in [3.63, 3.8) is 0 Å². The van der Waals surface area contributed by atoms with Crippen LogP contribution in [0.25, 0.3) is 0 Å². The van der Waals surface area contributed by atoms with Gasteiger partial charge >= 0.3 is 0 Å². The summed E-state index contributed by atoms with van der Waals surface area (Å²) >= 11 is 6.02. The van der Waals surface area contributed by atoms with Crippen LogP contribution in [0, 0.1) is 0 Å². The van der Waals surface area contributed by atoms with Crippen molar-refractivity contribution in [1.82, 2.24) is 15.5 Å². The molecule has 0 aliphatic carbocycles. The van der Waals surface area contributed by atoms with Crippen LogP contribution in [0.4, 0.5) is 5.69 Å². The Morgan fingerprint density at radius 1 is 1.08 bits per heavy atom. The van der Waals surface area contributed by atoms with Gasteiger partial charge in [0, 0.05) is 24.5 Å². The summed E-state index contributed by atoms with van der Waals surface area (Å²) in [4.78, 5) is 28.3. The monoisotopic (exact) mass is 532 g/mol. The van der Waals surface area contributed by atoms with Gasteiger partial charge in [0.05, 0.1) is 18.0 Å². The number of para-hydroxylation sites is 1. The summed E-state index contributed by atoms with van der Waals surface area (Å²) in [7, 11) is -3.39. The lowest BCUT2D eigenvalue weighted by molar-refractivity contribution is -0.137. The standard InChI is InChI=1S/C26H33ClN4O4S/c1-36(34,35)30-22-6-3-2-5-21(22)19-12-15-31(16-13-19)26(33)24(17-18-8-10-20(27)11-9-18)29-25(32)23-7-4-14-28-23/h2-3,5-6,8-11,19,23-24,28,30H,4,7,12-17H2,1H3,(H,29,32)/t23-,24+/m0/s1. The minimum atomic E-state index is -3.39. The highest BCUT2D eigenvalue weighted by atomic mass is 35.5. The highest BCUT2D eigenvalue weighted by molar-refractivity contribution is 7.92. The number of nitrogens with zero attached hydrogens (tertiary/aromatic N) is 1. The summed E-state index contributed by atoms with van der Waals surface area (Å²) in [6.45, 7) is 1.87. The summed E-state index contributed by atoms with van der Waals surface area (Å²) in [5, 5.41) is 6.81. The average molecular weight is 533 g/mol. The minimum Gasteiger partial charge on any atom is -0.343 e. The van der Waals surface area contributed by atoms with E-state index in [1.165, 1.54) is 0 Å². The van der Waals surface area contributed by atoms with Crippen molar-refractivity contribution >= 4 is 39.1 Å². The number of benzene rings is 2. The fourth-order valence-corrected chi connectivity index (χ4v) is 5.73. The molecule has 0 aromatic heterocycles. The van der Waals surface area contributed by atoms with Gasteiger partial charge in [-0.3, -0.25) is 14.3 Å². The van der Waals surface area contributed by atoms with E-state index in [0.29, 0.717) is 43.1 Å². The number of amides is 2. The van der Waals surface area contributed by atoms with Crippen LogP contribution in [0.2, 0.25) is 5.02 Å². The number of anilines is 1. The van der Waals surface area contributed by atoms with Crippen LogP contribution in [0.5, 0.6) is 0 Å². The Kier molecular flexibility index (Phi) is 8.54. The molecule has 194 valence electrons. The first-order chi connectivity index (χ1) is 17.2. The molecule has 2 aromatic rings. The predicted octanol–water partition coefficient (Wildman–Crippen LogP) is 2.90. The highest BCUT2D eigenvalue weighted by Crippen LogP contribution is 2.33. The SMILES string of the molecule is CS(=O)(=O)Nc1ccccc1C1CCN(C(=O)[C@@H](Cc2ccc(Cl)cc2)NC(=O)[C@@H]2CCCN2)CC1. The summed E-state index contributed by atoms with van der Waals surface area (Å²) < 4.78 is 26.2. The van der Waals surface area contributed by atoms with Crippen molar-refractivity contribution in [1.29, 1.82) is 0 Å². The lowest BCUT2D eigenvalue weighted by atomic mass is 9.88. The van der Waals surface area contributed by atoms with Crippen molar-refractivity contribution in [3.05, 3.63) is 64.7 Å². The van der Waals surface area contributed by atoms with Crippen LogP contribution >= 0.6 is 11.6 Å². The minimum absolute atomic E-state index is 0.0997. The van der Waals surface area contributed by atoms with E-state index in [0.717, 1.165) is 36.8 Å². The first kappa shape index (κ1) is 26.4. The van der Waals surface area contributed by atoms with Crippen LogP contribution in [-0.4, -0.2) is 63.1 Å². The zero-order chi connectivity index (χ0) is 25.7. The van der Waals surface area contributed by atoms with E-state index in [-0.39, 0.29) is 23.8 Å². The van der Waals surface area contributed by atoms with Gasteiger partial charge in [0.15, 0.2) is 0 Å². The molecule has 36 heavy (non-hydrogen) atoms. The largest absolute Gasteiger partial charge is 0.343 e. The van der Waals surface area contributed by atoms with Gasteiger partial charge < -0.3 is 15.5 Å². The molecule has 8 nitrogen and oxygen atoms in total. The topological polar surface area (TPSA) is 108 Å². The van der Waals surface area contributed by atoms with Crippen LogP contribution in [-0.2, 0) is 26.0 Å². The number of likely N-dealkylation sites (tertiary alicyclic amines) is 1. The maximum atomic E-state index is 13.6. The molecule has 3 N–H and O–H groups in total. The molecule has 0 radical (unpaired) electrons. The van der Waals surface area contributed by atoms with Crippen molar-refractivity contribution < 1.29 is 18.0 Å². The Labute approximate surface area is 217 Å². The van der Waals surface area contributed by atoms with E-state index in [1.807, 2.05) is 29.2 Å². The van der Waals surface area contributed by atoms with E-state index in [9.17, 15) is 18.0 Å². The maximum Gasteiger partial charge on any atom is 0.245 e. The molecule has 10 heteroatoms. The molecule has 2 saturated heterocycles. The number of hydrogen-bond donors (Lipinski definition) is 3. The highest BCUT2D eigenvalue weighted by Gasteiger charge is 2.32. The second kappa shape index (κ2) is 11.6. The van der Waals surface area contributed by atoms with Gasteiger partial charge in [-0.2, -0.15) is 0 Å². The number of hydrogen-bond acceptors (Lipinski definition) is 5. The molecule has 2 atom stereocenters. The Hall–Kier alpha value is -2.62. The molecule has 0 spiro atoms. The molecule has 2 amide bonds. The van der Waals surface area contributed by atoms with Crippen LogP contribution in [0.3, 0.4) is 0 Å². The molecule has 2 aromatic carbocycles. The van der Waals surface area contributed by atoms with Crippen molar-refractivity contribution in [2.24, 2.45) is 0 Å². The maximum absolute atomic E-state index is 13.6. The first-order valence-corrected chi connectivity index (χ1v) is 14.6. The van der Waals surface area contributed by atoms with E-state index in [1.54, 1.807) is 24.3 Å². The van der Waals surface area contributed by atoms with Crippen molar-refractivity contribution in [3.8, 4) is 0 Å².